The van der Waals surface area contributed by atoms with E-state index in [1.807, 2.05) is 24.3 Å². The van der Waals surface area contributed by atoms with Gasteiger partial charge in [-0.05, 0) is 81.3 Å². The molecule has 0 radical (unpaired) electrons. The summed E-state index contributed by atoms with van der Waals surface area (Å²) in [4.78, 5) is 18.0. The maximum Gasteiger partial charge on any atom is 0.318 e. The Morgan fingerprint density at radius 1 is 1.00 bits per heavy atom. The highest BCUT2D eigenvalue weighted by Crippen LogP contribution is 2.50. The molecule has 4 saturated heterocycles. The summed E-state index contributed by atoms with van der Waals surface area (Å²) in [6, 6.07) is 11.8. The van der Waals surface area contributed by atoms with Gasteiger partial charge in [0.25, 0.3) is 0 Å². The van der Waals surface area contributed by atoms with Crippen molar-refractivity contribution in [2.75, 3.05) is 42.6 Å². The zero-order valence-corrected chi connectivity index (χ0v) is 26.2. The number of hydrogen-bond donors (Lipinski definition) is 2. The van der Waals surface area contributed by atoms with Crippen LogP contribution in [0, 0.1) is 5.92 Å². The zero-order chi connectivity index (χ0) is 29.4. The second-order valence-electron chi connectivity index (χ2n) is 14.4. The number of halogens is 1. The second kappa shape index (κ2) is 10.6. The number of phenols is 1. The fraction of sp³-hybridized carbons (Fsp3) is 0.600. The van der Waals surface area contributed by atoms with Crippen molar-refractivity contribution in [1.82, 2.24) is 20.2 Å². The summed E-state index contributed by atoms with van der Waals surface area (Å²) >= 11 is 6.74. The Morgan fingerprint density at radius 3 is 2.75 bits per heavy atom. The predicted octanol–water partition coefficient (Wildman–Crippen LogP) is 5.67. The average molecular weight is 615 g/mol. The molecule has 6 aliphatic rings. The maximum absolute atomic E-state index is 10.6. The highest BCUT2D eigenvalue weighted by atomic mass is 35.5. The molecule has 2 aromatic carbocycles. The first kappa shape index (κ1) is 27.5. The van der Waals surface area contributed by atoms with Crippen LogP contribution in [0.5, 0.6) is 11.8 Å². The van der Waals surface area contributed by atoms with Gasteiger partial charge in [0, 0.05) is 54.8 Å². The van der Waals surface area contributed by atoms with E-state index < -0.39 is 0 Å². The molecule has 2 N–H and O–H groups in total. The number of phenolic OH excluding ortho intramolecular Hbond substituents is 1. The molecule has 3 aromatic rings. The summed E-state index contributed by atoms with van der Waals surface area (Å²) in [6.07, 6.45) is 12.5. The number of piperazine rings is 1. The third-order valence-corrected chi connectivity index (χ3v) is 12.1. The molecule has 2 bridgehead atoms. The number of nitrogens with one attached hydrogen (secondary N) is 1. The van der Waals surface area contributed by atoms with Gasteiger partial charge in [-0.25, -0.2) is 0 Å². The highest BCUT2D eigenvalue weighted by Gasteiger charge is 2.54. The largest absolute Gasteiger partial charge is 0.508 e. The van der Waals surface area contributed by atoms with E-state index in [4.69, 9.17) is 26.3 Å². The first-order valence-corrected chi connectivity index (χ1v) is 17.4. The van der Waals surface area contributed by atoms with Crippen LogP contribution in [0.15, 0.2) is 30.3 Å². The van der Waals surface area contributed by atoms with E-state index in [9.17, 15) is 5.11 Å². The molecule has 1 aromatic heterocycles. The topological polar surface area (TPSA) is 77.0 Å². The van der Waals surface area contributed by atoms with E-state index in [0.29, 0.717) is 36.3 Å². The predicted molar refractivity (Wildman–Crippen MR) is 174 cm³/mol. The minimum atomic E-state index is 0.135. The quantitative estimate of drug-likeness (QED) is 0.381. The number of nitrogens with zero attached hydrogens (tertiary/aromatic N) is 5. The number of rotatable bonds is 5. The van der Waals surface area contributed by atoms with Crippen LogP contribution in [0.2, 0.25) is 5.02 Å². The fourth-order valence-electron chi connectivity index (χ4n) is 9.92. The molecule has 5 unspecified atom stereocenters. The van der Waals surface area contributed by atoms with Gasteiger partial charge in [0.05, 0.1) is 28.5 Å². The number of aromatic nitrogens is 2. The maximum atomic E-state index is 10.6. The SMILES string of the molecule is Oc1cc(N2CCc3c(nc(OCC45CCCN4C4CCCCC4C5)nc3N3CC4CCC(C3)N4)C2)c2c(Cl)cccc2c1. The summed E-state index contributed by atoms with van der Waals surface area (Å²) in [5.74, 6) is 2.14. The molecule has 44 heavy (non-hydrogen) atoms. The molecule has 0 amide bonds. The van der Waals surface area contributed by atoms with Crippen molar-refractivity contribution in [3.05, 3.63) is 46.6 Å². The first-order chi connectivity index (χ1) is 21.5. The Kier molecular flexibility index (Phi) is 6.64. The van der Waals surface area contributed by atoms with Crippen LogP contribution in [0.1, 0.15) is 69.0 Å². The third-order valence-electron chi connectivity index (χ3n) is 11.8. The van der Waals surface area contributed by atoms with Gasteiger partial charge in [0.2, 0.25) is 0 Å². The lowest BCUT2D eigenvalue weighted by Gasteiger charge is -2.38. The normalized spacial score (nSPS) is 31.3. The van der Waals surface area contributed by atoms with Gasteiger partial charge >= 0.3 is 6.01 Å². The van der Waals surface area contributed by atoms with Crippen molar-refractivity contribution in [1.29, 1.82) is 0 Å². The lowest BCUT2D eigenvalue weighted by Crippen LogP contribution is -2.52. The summed E-state index contributed by atoms with van der Waals surface area (Å²) in [5, 5.41) is 17.0. The Bertz CT molecular complexity index is 1590. The third kappa shape index (κ3) is 4.54. The Hall–Kier alpha value is -2.81. The summed E-state index contributed by atoms with van der Waals surface area (Å²) in [7, 11) is 0. The first-order valence-electron chi connectivity index (χ1n) is 17.0. The summed E-state index contributed by atoms with van der Waals surface area (Å²) in [6.45, 7) is 5.30. The van der Waals surface area contributed by atoms with E-state index in [-0.39, 0.29) is 11.3 Å². The van der Waals surface area contributed by atoms with E-state index >= 15 is 0 Å². The minimum Gasteiger partial charge on any atom is -0.508 e. The fourth-order valence-corrected chi connectivity index (χ4v) is 10.2. The molecule has 9 rings (SSSR count). The molecule has 5 aliphatic heterocycles. The smallest absolute Gasteiger partial charge is 0.318 e. The van der Waals surface area contributed by atoms with Crippen molar-refractivity contribution in [3.8, 4) is 11.8 Å². The summed E-state index contributed by atoms with van der Waals surface area (Å²) in [5.41, 5.74) is 3.37. The second-order valence-corrected chi connectivity index (χ2v) is 14.8. The number of ether oxygens (including phenoxy) is 1. The molecule has 6 heterocycles. The lowest BCUT2D eigenvalue weighted by molar-refractivity contribution is 0.0774. The van der Waals surface area contributed by atoms with E-state index in [1.165, 1.54) is 69.9 Å². The van der Waals surface area contributed by atoms with Crippen LogP contribution in [0.25, 0.3) is 10.8 Å². The van der Waals surface area contributed by atoms with E-state index in [0.717, 1.165) is 66.0 Å². The van der Waals surface area contributed by atoms with Crippen molar-refractivity contribution >= 4 is 33.9 Å². The highest BCUT2D eigenvalue weighted by molar-refractivity contribution is 6.36. The van der Waals surface area contributed by atoms with Crippen molar-refractivity contribution < 1.29 is 9.84 Å². The molecule has 1 saturated carbocycles. The molecule has 5 atom stereocenters. The lowest BCUT2D eigenvalue weighted by atomic mass is 9.82. The molecule has 1 aliphatic carbocycles. The Balaban J connectivity index is 1.06. The summed E-state index contributed by atoms with van der Waals surface area (Å²) < 4.78 is 6.73. The van der Waals surface area contributed by atoms with Crippen LogP contribution >= 0.6 is 11.6 Å². The standard InChI is InChI=1S/C35H43ClN6O2/c36-28-7-3-6-22-15-26(43)16-31(32(22)28)40-14-11-27-29(20-40)38-34(39-33(27)41-18-24-9-10-25(19-41)37-24)44-21-35-12-4-13-42(35)30-8-2-1-5-23(30)17-35/h3,6-7,15-16,23-25,30,37,43H,1-2,4-5,8-14,17-21H2. The van der Waals surface area contributed by atoms with E-state index in [2.05, 4.69) is 20.0 Å². The van der Waals surface area contributed by atoms with Crippen molar-refractivity contribution in [2.24, 2.45) is 5.92 Å². The van der Waals surface area contributed by atoms with Gasteiger partial charge in [0.1, 0.15) is 18.2 Å². The van der Waals surface area contributed by atoms with Gasteiger partial charge in [-0.15, -0.1) is 0 Å². The van der Waals surface area contributed by atoms with E-state index in [1.54, 1.807) is 6.07 Å². The molecular formula is C35H43ClN6O2. The molecule has 232 valence electrons. The Morgan fingerprint density at radius 2 is 1.86 bits per heavy atom. The van der Waals surface area contributed by atoms with Crippen LogP contribution in [-0.2, 0) is 13.0 Å². The van der Waals surface area contributed by atoms with Crippen LogP contribution in [0.4, 0.5) is 11.5 Å². The molecular weight excluding hydrogens is 572 g/mol. The molecule has 5 fully saturated rings. The minimum absolute atomic E-state index is 0.135. The van der Waals surface area contributed by atoms with Gasteiger partial charge in [0.15, 0.2) is 0 Å². The molecule has 8 nitrogen and oxygen atoms in total. The number of anilines is 2. The average Bonchev–Trinajstić information content (AvgIpc) is 3.69. The number of fused-ring (bicyclic) bond motifs is 7. The Labute approximate surface area is 264 Å². The van der Waals surface area contributed by atoms with Crippen LogP contribution in [0.3, 0.4) is 0 Å². The van der Waals surface area contributed by atoms with Gasteiger partial charge < -0.3 is 25.0 Å². The van der Waals surface area contributed by atoms with Gasteiger partial charge in [-0.2, -0.15) is 9.97 Å². The zero-order valence-electron chi connectivity index (χ0n) is 25.5. The molecule has 9 heteroatoms. The monoisotopic (exact) mass is 614 g/mol. The number of aromatic hydroxyl groups is 1. The van der Waals surface area contributed by atoms with Gasteiger partial charge in [-0.1, -0.05) is 36.6 Å². The van der Waals surface area contributed by atoms with Crippen molar-refractivity contribution in [3.63, 3.8) is 0 Å². The number of benzene rings is 2. The van der Waals surface area contributed by atoms with Crippen LogP contribution < -0.4 is 19.9 Å². The van der Waals surface area contributed by atoms with Crippen LogP contribution in [-0.4, -0.2) is 76.4 Å². The molecule has 0 spiro atoms. The van der Waals surface area contributed by atoms with Gasteiger partial charge in [-0.3, -0.25) is 4.90 Å². The van der Waals surface area contributed by atoms with Crippen molar-refractivity contribution in [2.45, 2.75) is 94.4 Å². The number of hydrogen-bond acceptors (Lipinski definition) is 8.